The van der Waals surface area contributed by atoms with Crippen molar-refractivity contribution in [3.63, 3.8) is 0 Å². The maximum Gasteiger partial charge on any atom is 0.318 e. The third kappa shape index (κ3) is 5.84. The summed E-state index contributed by atoms with van der Waals surface area (Å²) in [6.45, 7) is -0.253. The Bertz CT molecular complexity index is 953. The van der Waals surface area contributed by atoms with Crippen molar-refractivity contribution in [1.82, 2.24) is 4.90 Å². The standard InChI is InChI=1S/C24H28N2O5/c1-26(2)22(27)15-30-23(28)14-11-16-9-12-17(13-10-16)31-24(29)20-7-3-6-19-18(20)5-4-8-21(19)25/h4-5,8-10,12-13,20H,3,6-7,11,14-15,25H2,1-2H3. The molecule has 2 aromatic carbocycles. The van der Waals surface area contributed by atoms with Gasteiger partial charge in [0.15, 0.2) is 6.61 Å². The molecular weight excluding hydrogens is 396 g/mol. The van der Waals surface area contributed by atoms with Crippen molar-refractivity contribution in [3.05, 3.63) is 59.2 Å². The maximum absolute atomic E-state index is 12.8. The van der Waals surface area contributed by atoms with Gasteiger partial charge in [0.25, 0.3) is 5.91 Å². The van der Waals surface area contributed by atoms with Crippen LogP contribution in [0.15, 0.2) is 42.5 Å². The maximum atomic E-state index is 12.8. The van der Waals surface area contributed by atoms with E-state index in [9.17, 15) is 14.4 Å². The first-order valence-electron chi connectivity index (χ1n) is 10.4. The van der Waals surface area contributed by atoms with Crippen molar-refractivity contribution in [2.75, 3.05) is 26.4 Å². The lowest BCUT2D eigenvalue weighted by Crippen LogP contribution is -2.27. The van der Waals surface area contributed by atoms with Crippen LogP contribution in [0.5, 0.6) is 5.75 Å². The third-order valence-electron chi connectivity index (χ3n) is 5.44. The zero-order valence-electron chi connectivity index (χ0n) is 17.9. The molecule has 0 fully saturated rings. The molecule has 0 spiro atoms. The predicted molar refractivity (Wildman–Crippen MR) is 117 cm³/mol. The number of nitrogen functional groups attached to an aromatic ring is 1. The summed E-state index contributed by atoms with van der Waals surface area (Å²) in [5.74, 6) is -0.826. The number of carbonyl (C=O) groups is 3. The second kappa shape index (κ2) is 10.1. The van der Waals surface area contributed by atoms with Crippen LogP contribution in [-0.2, 0) is 32.0 Å². The number of rotatable bonds is 7. The van der Waals surface area contributed by atoms with Crippen LogP contribution >= 0.6 is 0 Å². The topological polar surface area (TPSA) is 98.9 Å². The molecule has 31 heavy (non-hydrogen) atoms. The Kier molecular flexibility index (Phi) is 7.28. The molecule has 0 radical (unpaired) electrons. The zero-order chi connectivity index (χ0) is 22.4. The number of carbonyl (C=O) groups excluding carboxylic acids is 3. The van der Waals surface area contributed by atoms with Gasteiger partial charge < -0.3 is 20.1 Å². The van der Waals surface area contributed by atoms with E-state index in [1.54, 1.807) is 26.2 Å². The van der Waals surface area contributed by atoms with Crippen molar-refractivity contribution in [2.24, 2.45) is 0 Å². The van der Waals surface area contributed by atoms with Crippen LogP contribution in [0.1, 0.15) is 41.9 Å². The first-order chi connectivity index (χ1) is 14.8. The molecule has 2 aromatic rings. The molecule has 0 aliphatic heterocycles. The average molecular weight is 424 g/mol. The minimum Gasteiger partial charge on any atom is -0.456 e. The number of aryl methyl sites for hydroxylation is 1. The van der Waals surface area contributed by atoms with E-state index in [1.807, 2.05) is 30.3 Å². The number of nitrogens with two attached hydrogens (primary N) is 1. The van der Waals surface area contributed by atoms with Gasteiger partial charge in [-0.1, -0.05) is 24.3 Å². The number of hydrogen-bond donors (Lipinski definition) is 1. The van der Waals surface area contributed by atoms with E-state index in [-0.39, 0.29) is 30.8 Å². The third-order valence-corrected chi connectivity index (χ3v) is 5.44. The molecule has 2 N–H and O–H groups in total. The summed E-state index contributed by atoms with van der Waals surface area (Å²) in [6.07, 6.45) is 3.16. The van der Waals surface area contributed by atoms with Crippen LogP contribution in [0.25, 0.3) is 0 Å². The van der Waals surface area contributed by atoms with Gasteiger partial charge in [-0.2, -0.15) is 0 Å². The fourth-order valence-electron chi connectivity index (χ4n) is 3.62. The van der Waals surface area contributed by atoms with Crippen molar-refractivity contribution in [3.8, 4) is 5.75 Å². The molecule has 0 saturated heterocycles. The van der Waals surface area contributed by atoms with Gasteiger partial charge in [-0.3, -0.25) is 14.4 Å². The molecule has 1 aliphatic rings. The molecule has 0 saturated carbocycles. The molecule has 0 heterocycles. The SMILES string of the molecule is CN(C)C(=O)COC(=O)CCc1ccc(OC(=O)C2CCCc3c(N)cccc32)cc1. The highest BCUT2D eigenvalue weighted by Crippen LogP contribution is 2.35. The average Bonchev–Trinajstić information content (AvgIpc) is 2.76. The smallest absolute Gasteiger partial charge is 0.318 e. The van der Waals surface area contributed by atoms with E-state index in [2.05, 4.69) is 0 Å². The van der Waals surface area contributed by atoms with Crippen LogP contribution in [-0.4, -0.2) is 43.4 Å². The number of nitrogens with zero attached hydrogens (tertiary/aromatic N) is 1. The normalized spacial score (nSPS) is 15.0. The lowest BCUT2D eigenvalue weighted by atomic mass is 9.82. The molecule has 1 aliphatic carbocycles. The second-order valence-electron chi connectivity index (χ2n) is 7.87. The monoisotopic (exact) mass is 424 g/mol. The molecule has 1 atom stereocenters. The molecular formula is C24H28N2O5. The Balaban J connectivity index is 1.52. The van der Waals surface area contributed by atoms with Crippen molar-refractivity contribution in [2.45, 2.75) is 38.0 Å². The summed E-state index contributed by atoms with van der Waals surface area (Å²) < 4.78 is 10.6. The van der Waals surface area contributed by atoms with E-state index in [1.165, 1.54) is 4.90 Å². The molecule has 7 heteroatoms. The van der Waals surface area contributed by atoms with E-state index in [4.69, 9.17) is 15.2 Å². The lowest BCUT2D eigenvalue weighted by molar-refractivity contribution is -0.151. The van der Waals surface area contributed by atoms with Crippen molar-refractivity contribution >= 4 is 23.5 Å². The van der Waals surface area contributed by atoms with Gasteiger partial charge in [0.2, 0.25) is 0 Å². The van der Waals surface area contributed by atoms with Crippen molar-refractivity contribution < 1.29 is 23.9 Å². The van der Waals surface area contributed by atoms with Crippen LogP contribution in [0, 0.1) is 0 Å². The first-order valence-corrected chi connectivity index (χ1v) is 10.4. The highest BCUT2D eigenvalue weighted by molar-refractivity contribution is 5.82. The van der Waals surface area contributed by atoms with E-state index in [0.29, 0.717) is 12.2 Å². The van der Waals surface area contributed by atoms with Crippen molar-refractivity contribution in [1.29, 1.82) is 0 Å². The van der Waals surface area contributed by atoms with Gasteiger partial charge in [-0.25, -0.2) is 0 Å². The summed E-state index contributed by atoms with van der Waals surface area (Å²) in [5, 5.41) is 0. The second-order valence-corrected chi connectivity index (χ2v) is 7.87. The highest BCUT2D eigenvalue weighted by atomic mass is 16.5. The van der Waals surface area contributed by atoms with Gasteiger partial charge in [-0.05, 0) is 60.6 Å². The van der Waals surface area contributed by atoms with Crippen LogP contribution < -0.4 is 10.5 Å². The van der Waals surface area contributed by atoms with Gasteiger partial charge in [0, 0.05) is 26.2 Å². The van der Waals surface area contributed by atoms with E-state index < -0.39 is 5.97 Å². The Morgan fingerprint density at radius 2 is 1.84 bits per heavy atom. The number of fused-ring (bicyclic) bond motifs is 1. The summed E-state index contributed by atoms with van der Waals surface area (Å²) in [4.78, 5) is 37.4. The first kappa shape index (κ1) is 22.3. The fourth-order valence-corrected chi connectivity index (χ4v) is 3.62. The van der Waals surface area contributed by atoms with Crippen LogP contribution in [0.3, 0.4) is 0 Å². The van der Waals surface area contributed by atoms with Gasteiger partial charge in [-0.15, -0.1) is 0 Å². The Hall–Kier alpha value is -3.35. The minimum atomic E-state index is -0.430. The summed E-state index contributed by atoms with van der Waals surface area (Å²) in [7, 11) is 3.21. The summed E-state index contributed by atoms with van der Waals surface area (Å²) in [5.41, 5.74) is 9.70. The number of esters is 2. The molecule has 3 rings (SSSR count). The molecule has 0 aromatic heterocycles. The number of amides is 1. The van der Waals surface area contributed by atoms with Gasteiger partial charge >= 0.3 is 11.9 Å². The fraction of sp³-hybridized carbons (Fsp3) is 0.375. The molecule has 1 unspecified atom stereocenters. The molecule has 1 amide bonds. The molecule has 164 valence electrons. The van der Waals surface area contributed by atoms with Crippen LogP contribution in [0.2, 0.25) is 0 Å². The van der Waals surface area contributed by atoms with E-state index in [0.717, 1.165) is 41.6 Å². The summed E-state index contributed by atoms with van der Waals surface area (Å²) >= 11 is 0. The van der Waals surface area contributed by atoms with Gasteiger partial charge in [0.05, 0.1) is 5.92 Å². The van der Waals surface area contributed by atoms with Crippen LogP contribution in [0.4, 0.5) is 5.69 Å². The summed E-state index contributed by atoms with van der Waals surface area (Å²) in [6, 6.07) is 12.7. The molecule has 7 nitrogen and oxygen atoms in total. The number of ether oxygens (including phenoxy) is 2. The largest absolute Gasteiger partial charge is 0.456 e. The Morgan fingerprint density at radius 3 is 2.55 bits per heavy atom. The number of hydrogen-bond acceptors (Lipinski definition) is 6. The number of anilines is 1. The van der Waals surface area contributed by atoms with Gasteiger partial charge in [0.1, 0.15) is 5.75 Å². The number of likely N-dealkylation sites (N-methyl/N-ethyl adjacent to an activating group) is 1. The predicted octanol–water partition coefficient (Wildman–Crippen LogP) is 2.86. The minimum absolute atomic E-state index is 0.167. The lowest BCUT2D eigenvalue weighted by Gasteiger charge is -2.25. The Labute approximate surface area is 182 Å². The zero-order valence-corrected chi connectivity index (χ0v) is 17.9. The van der Waals surface area contributed by atoms with E-state index >= 15 is 0 Å². The number of benzene rings is 2. The Morgan fingerprint density at radius 1 is 1.10 bits per heavy atom. The molecule has 0 bridgehead atoms. The highest BCUT2D eigenvalue weighted by Gasteiger charge is 2.29. The quantitative estimate of drug-likeness (QED) is 0.417.